The van der Waals surface area contributed by atoms with Gasteiger partial charge in [0.15, 0.2) is 0 Å². The van der Waals surface area contributed by atoms with Crippen LogP contribution in [-0.4, -0.2) is 29.5 Å². The molecule has 0 saturated carbocycles. The Bertz CT molecular complexity index is 766. The molecule has 0 aliphatic heterocycles. The first-order valence-corrected chi connectivity index (χ1v) is 8.31. The molecule has 140 valence electrons. The molecular formula is C17H18ClF3N4O. The van der Waals surface area contributed by atoms with Gasteiger partial charge in [-0.1, -0.05) is 24.9 Å². The predicted molar refractivity (Wildman–Crippen MR) is 94.6 cm³/mol. The van der Waals surface area contributed by atoms with Crippen LogP contribution < -0.4 is 10.2 Å². The molecule has 0 saturated heterocycles. The normalized spacial score (nSPS) is 11.3. The van der Waals surface area contributed by atoms with Crippen molar-refractivity contribution < 1.29 is 18.0 Å². The maximum atomic E-state index is 12.8. The highest BCUT2D eigenvalue weighted by Gasteiger charge is 2.31. The van der Waals surface area contributed by atoms with E-state index in [0.717, 1.165) is 37.6 Å². The molecule has 0 spiro atoms. The fourth-order valence-electron chi connectivity index (χ4n) is 2.13. The summed E-state index contributed by atoms with van der Waals surface area (Å²) >= 11 is 5.87. The van der Waals surface area contributed by atoms with Crippen LogP contribution in [0.4, 0.5) is 24.7 Å². The van der Waals surface area contributed by atoms with Crippen LogP contribution in [-0.2, 0) is 6.18 Å². The third-order valence-corrected chi connectivity index (χ3v) is 3.98. The minimum Gasteiger partial charge on any atom is -0.358 e. The number of alkyl halides is 3. The molecule has 1 heterocycles. The summed E-state index contributed by atoms with van der Waals surface area (Å²) in [4.78, 5) is 22.3. The molecule has 5 nitrogen and oxygen atoms in total. The molecule has 1 aromatic heterocycles. The molecule has 1 aromatic carbocycles. The van der Waals surface area contributed by atoms with Crippen molar-refractivity contribution in [2.45, 2.75) is 25.9 Å². The third kappa shape index (κ3) is 5.08. The molecule has 26 heavy (non-hydrogen) atoms. The highest BCUT2D eigenvalue weighted by molar-refractivity contribution is 6.33. The number of halogens is 4. The first kappa shape index (κ1) is 20.0. The van der Waals surface area contributed by atoms with E-state index in [4.69, 9.17) is 11.6 Å². The number of unbranched alkanes of at least 4 members (excludes halogenated alkanes) is 1. The fraction of sp³-hybridized carbons (Fsp3) is 0.353. The van der Waals surface area contributed by atoms with Gasteiger partial charge in [-0.25, -0.2) is 9.97 Å². The fourth-order valence-corrected chi connectivity index (χ4v) is 2.29. The minimum absolute atomic E-state index is 0.00442. The van der Waals surface area contributed by atoms with Gasteiger partial charge in [0, 0.05) is 13.6 Å². The topological polar surface area (TPSA) is 58.1 Å². The summed E-state index contributed by atoms with van der Waals surface area (Å²) < 4.78 is 38.4. The van der Waals surface area contributed by atoms with Crippen molar-refractivity contribution in [2.75, 3.05) is 23.8 Å². The van der Waals surface area contributed by atoms with Gasteiger partial charge in [-0.2, -0.15) is 13.2 Å². The maximum absolute atomic E-state index is 12.8. The Morgan fingerprint density at radius 3 is 2.58 bits per heavy atom. The van der Waals surface area contributed by atoms with Gasteiger partial charge in [0.25, 0.3) is 5.91 Å². The average Bonchev–Trinajstić information content (AvgIpc) is 2.60. The highest BCUT2D eigenvalue weighted by atomic mass is 35.5. The molecule has 0 atom stereocenters. The van der Waals surface area contributed by atoms with E-state index >= 15 is 0 Å². The van der Waals surface area contributed by atoms with Crippen LogP contribution in [0.2, 0.25) is 5.02 Å². The van der Waals surface area contributed by atoms with E-state index in [9.17, 15) is 18.0 Å². The second-order valence-corrected chi connectivity index (χ2v) is 6.09. The van der Waals surface area contributed by atoms with Crippen molar-refractivity contribution >= 4 is 29.0 Å². The molecule has 0 aliphatic carbocycles. The Morgan fingerprint density at radius 1 is 1.27 bits per heavy atom. The van der Waals surface area contributed by atoms with Crippen LogP contribution in [0.25, 0.3) is 0 Å². The Morgan fingerprint density at radius 2 is 2.00 bits per heavy atom. The molecule has 0 unspecified atom stereocenters. The number of hydrogen-bond donors (Lipinski definition) is 1. The van der Waals surface area contributed by atoms with Crippen molar-refractivity contribution in [3.8, 4) is 0 Å². The van der Waals surface area contributed by atoms with Crippen molar-refractivity contribution in [3.05, 3.63) is 46.9 Å². The number of carbonyl (C=O) groups excluding carboxylic acids is 1. The third-order valence-electron chi connectivity index (χ3n) is 3.65. The van der Waals surface area contributed by atoms with Crippen LogP contribution in [0.5, 0.6) is 0 Å². The van der Waals surface area contributed by atoms with Gasteiger partial charge in [0.05, 0.1) is 28.7 Å². The Labute approximate surface area is 154 Å². The molecule has 0 bridgehead atoms. The summed E-state index contributed by atoms with van der Waals surface area (Å²) in [6, 6.07) is 2.71. The van der Waals surface area contributed by atoms with E-state index in [-0.39, 0.29) is 16.4 Å². The average molecular weight is 387 g/mol. The predicted octanol–water partition coefficient (Wildman–Crippen LogP) is 4.64. The zero-order chi connectivity index (χ0) is 19.3. The van der Waals surface area contributed by atoms with Crippen LogP contribution in [0.3, 0.4) is 0 Å². The molecule has 1 N–H and O–H groups in total. The van der Waals surface area contributed by atoms with E-state index in [1.54, 1.807) is 0 Å². The first-order chi connectivity index (χ1) is 12.2. The van der Waals surface area contributed by atoms with E-state index < -0.39 is 17.6 Å². The van der Waals surface area contributed by atoms with Crippen LogP contribution in [0.15, 0.2) is 30.6 Å². The number of carbonyl (C=O) groups is 1. The van der Waals surface area contributed by atoms with E-state index in [1.165, 1.54) is 12.4 Å². The van der Waals surface area contributed by atoms with E-state index in [1.807, 2.05) is 11.9 Å². The van der Waals surface area contributed by atoms with Crippen molar-refractivity contribution in [2.24, 2.45) is 0 Å². The zero-order valence-corrected chi connectivity index (χ0v) is 15.0. The van der Waals surface area contributed by atoms with Gasteiger partial charge in [-0.05, 0) is 24.6 Å². The SMILES string of the molecule is CCCCN(C)c1cnc(C(=O)Nc2cc(C(F)(F)F)ccc2Cl)cn1. The Kier molecular flexibility index (Phi) is 6.42. The number of nitrogens with one attached hydrogen (secondary N) is 1. The summed E-state index contributed by atoms with van der Waals surface area (Å²) in [5, 5.41) is 2.33. The highest BCUT2D eigenvalue weighted by Crippen LogP contribution is 2.33. The van der Waals surface area contributed by atoms with Crippen molar-refractivity contribution in [1.29, 1.82) is 0 Å². The number of benzene rings is 1. The number of anilines is 2. The van der Waals surface area contributed by atoms with Crippen molar-refractivity contribution in [3.63, 3.8) is 0 Å². The lowest BCUT2D eigenvalue weighted by atomic mass is 10.2. The Balaban J connectivity index is 2.13. The second-order valence-electron chi connectivity index (χ2n) is 5.68. The number of hydrogen-bond acceptors (Lipinski definition) is 4. The Hall–Kier alpha value is -2.35. The lowest BCUT2D eigenvalue weighted by molar-refractivity contribution is -0.137. The summed E-state index contributed by atoms with van der Waals surface area (Å²) in [6.45, 7) is 2.88. The van der Waals surface area contributed by atoms with E-state index in [0.29, 0.717) is 5.82 Å². The summed E-state index contributed by atoms with van der Waals surface area (Å²) in [5.74, 6) is -0.0893. The minimum atomic E-state index is -4.53. The molecule has 0 fully saturated rings. The number of aromatic nitrogens is 2. The molecule has 1 amide bonds. The molecule has 2 aromatic rings. The molecule has 0 radical (unpaired) electrons. The quantitative estimate of drug-likeness (QED) is 0.785. The van der Waals surface area contributed by atoms with Gasteiger partial charge in [0.2, 0.25) is 0 Å². The monoisotopic (exact) mass is 386 g/mol. The molecule has 0 aliphatic rings. The van der Waals surface area contributed by atoms with Crippen LogP contribution in [0.1, 0.15) is 35.8 Å². The summed E-state index contributed by atoms with van der Waals surface area (Å²) in [5.41, 5.74) is -1.07. The number of rotatable bonds is 6. The molecule has 2 rings (SSSR count). The van der Waals surface area contributed by atoms with Crippen LogP contribution in [0, 0.1) is 0 Å². The largest absolute Gasteiger partial charge is 0.416 e. The van der Waals surface area contributed by atoms with Crippen LogP contribution >= 0.6 is 11.6 Å². The van der Waals surface area contributed by atoms with Gasteiger partial charge in [-0.15, -0.1) is 0 Å². The maximum Gasteiger partial charge on any atom is 0.416 e. The summed E-state index contributed by atoms with van der Waals surface area (Å²) in [6.07, 6.45) is 0.214. The number of nitrogens with zero attached hydrogens (tertiary/aromatic N) is 3. The molecule has 9 heteroatoms. The smallest absolute Gasteiger partial charge is 0.358 e. The zero-order valence-electron chi connectivity index (χ0n) is 14.3. The number of amides is 1. The first-order valence-electron chi connectivity index (χ1n) is 7.93. The van der Waals surface area contributed by atoms with Gasteiger partial charge in [-0.3, -0.25) is 4.79 Å². The lowest BCUT2D eigenvalue weighted by Crippen LogP contribution is -2.21. The summed E-state index contributed by atoms with van der Waals surface area (Å²) in [7, 11) is 1.86. The van der Waals surface area contributed by atoms with Gasteiger partial charge in [0.1, 0.15) is 11.5 Å². The standard InChI is InChI=1S/C17H18ClF3N4O/c1-3-4-7-25(2)15-10-22-14(9-23-15)16(26)24-13-8-11(17(19,20)21)5-6-12(13)18/h5-6,8-10H,3-4,7H2,1-2H3,(H,24,26). The molecular weight excluding hydrogens is 369 g/mol. The lowest BCUT2D eigenvalue weighted by Gasteiger charge is -2.17. The van der Waals surface area contributed by atoms with Gasteiger partial charge < -0.3 is 10.2 Å². The van der Waals surface area contributed by atoms with Gasteiger partial charge >= 0.3 is 6.18 Å². The van der Waals surface area contributed by atoms with Crippen molar-refractivity contribution in [1.82, 2.24) is 9.97 Å². The van der Waals surface area contributed by atoms with E-state index in [2.05, 4.69) is 22.2 Å². The second kappa shape index (κ2) is 8.35.